The molecule has 8 heteroatoms. The molecule has 2 amide bonds. The van der Waals surface area contributed by atoms with Crippen molar-refractivity contribution in [2.75, 3.05) is 18.4 Å². The number of nitrogens with one attached hydrogen (secondary N) is 2. The standard InChI is InChI=1S/C16H27N5O3/c1-11-9-21-14(10-20(11)15(23)24-16(3,4)5)13(8-19-21)18-7-6-17-12(2)22/h8,11,18H,6-7,9-10H2,1-5H3,(H,17,22)/t11-/m0/s1. The summed E-state index contributed by atoms with van der Waals surface area (Å²) >= 11 is 0. The molecule has 24 heavy (non-hydrogen) atoms. The third kappa shape index (κ3) is 4.62. The fourth-order valence-corrected chi connectivity index (χ4v) is 2.55. The second kappa shape index (κ2) is 7.11. The molecule has 0 saturated carbocycles. The van der Waals surface area contributed by atoms with E-state index < -0.39 is 5.60 Å². The van der Waals surface area contributed by atoms with Crippen molar-refractivity contribution in [1.29, 1.82) is 0 Å². The highest BCUT2D eigenvalue weighted by atomic mass is 16.6. The minimum Gasteiger partial charge on any atom is -0.444 e. The Kier molecular flexibility index (Phi) is 5.36. The number of hydrogen-bond acceptors (Lipinski definition) is 5. The molecule has 1 aromatic rings. The molecule has 0 aromatic carbocycles. The van der Waals surface area contributed by atoms with Crippen LogP contribution in [0.4, 0.5) is 10.5 Å². The first-order valence-electron chi connectivity index (χ1n) is 8.20. The lowest BCUT2D eigenvalue weighted by Gasteiger charge is -2.35. The maximum atomic E-state index is 12.4. The first-order valence-corrected chi connectivity index (χ1v) is 8.20. The Hall–Kier alpha value is -2.25. The zero-order chi connectivity index (χ0) is 17.9. The van der Waals surface area contributed by atoms with Crippen LogP contribution in [0.5, 0.6) is 0 Å². The highest BCUT2D eigenvalue weighted by molar-refractivity contribution is 5.72. The highest BCUT2D eigenvalue weighted by Gasteiger charge is 2.32. The molecule has 2 N–H and O–H groups in total. The highest BCUT2D eigenvalue weighted by Crippen LogP contribution is 2.25. The van der Waals surface area contributed by atoms with Gasteiger partial charge in [0, 0.05) is 20.0 Å². The van der Waals surface area contributed by atoms with Crippen LogP contribution in [0.1, 0.15) is 40.3 Å². The maximum absolute atomic E-state index is 12.4. The van der Waals surface area contributed by atoms with Gasteiger partial charge in [-0.15, -0.1) is 0 Å². The minimum atomic E-state index is -0.520. The average Bonchev–Trinajstić information content (AvgIpc) is 2.82. The molecule has 134 valence electrons. The summed E-state index contributed by atoms with van der Waals surface area (Å²) in [6.45, 7) is 11.3. The summed E-state index contributed by atoms with van der Waals surface area (Å²) in [4.78, 5) is 25.0. The number of aromatic nitrogens is 2. The van der Waals surface area contributed by atoms with E-state index in [0.717, 1.165) is 11.4 Å². The van der Waals surface area contributed by atoms with Gasteiger partial charge >= 0.3 is 6.09 Å². The van der Waals surface area contributed by atoms with Gasteiger partial charge in [-0.2, -0.15) is 5.10 Å². The normalized spacial score (nSPS) is 17.2. The number of fused-ring (bicyclic) bond motifs is 1. The van der Waals surface area contributed by atoms with Gasteiger partial charge in [-0.05, 0) is 27.7 Å². The number of carbonyl (C=O) groups is 2. The fraction of sp³-hybridized carbons (Fsp3) is 0.688. The van der Waals surface area contributed by atoms with Crippen molar-refractivity contribution in [2.45, 2.75) is 59.4 Å². The molecular formula is C16H27N5O3. The van der Waals surface area contributed by atoms with Gasteiger partial charge in [0.05, 0.1) is 36.7 Å². The van der Waals surface area contributed by atoms with Gasteiger partial charge in [0.15, 0.2) is 0 Å². The summed E-state index contributed by atoms with van der Waals surface area (Å²) in [5.74, 6) is -0.0567. The summed E-state index contributed by atoms with van der Waals surface area (Å²) in [5.41, 5.74) is 1.30. The van der Waals surface area contributed by atoms with Gasteiger partial charge in [0.2, 0.25) is 5.91 Å². The van der Waals surface area contributed by atoms with Crippen molar-refractivity contribution in [1.82, 2.24) is 20.0 Å². The monoisotopic (exact) mass is 337 g/mol. The quantitative estimate of drug-likeness (QED) is 0.814. The molecule has 1 atom stereocenters. The molecular weight excluding hydrogens is 310 g/mol. The summed E-state index contributed by atoms with van der Waals surface area (Å²) in [6, 6.07) is 0.0134. The number of amides is 2. The van der Waals surface area contributed by atoms with Crippen molar-refractivity contribution in [3.05, 3.63) is 11.9 Å². The van der Waals surface area contributed by atoms with Crippen molar-refractivity contribution in [3.63, 3.8) is 0 Å². The zero-order valence-electron chi connectivity index (χ0n) is 15.0. The molecule has 0 unspecified atom stereocenters. The lowest BCUT2D eigenvalue weighted by molar-refractivity contribution is -0.118. The second-order valence-corrected chi connectivity index (χ2v) is 7.05. The van der Waals surface area contributed by atoms with E-state index in [9.17, 15) is 9.59 Å². The summed E-state index contributed by atoms with van der Waals surface area (Å²) in [7, 11) is 0. The van der Waals surface area contributed by atoms with Crippen molar-refractivity contribution < 1.29 is 14.3 Å². The van der Waals surface area contributed by atoms with Crippen molar-refractivity contribution >= 4 is 17.7 Å². The van der Waals surface area contributed by atoms with Gasteiger partial charge in [-0.25, -0.2) is 4.79 Å². The molecule has 0 saturated heterocycles. The zero-order valence-corrected chi connectivity index (χ0v) is 15.0. The van der Waals surface area contributed by atoms with E-state index in [-0.39, 0.29) is 18.0 Å². The van der Waals surface area contributed by atoms with Crippen LogP contribution in [0.2, 0.25) is 0 Å². The Morgan fingerprint density at radius 3 is 2.71 bits per heavy atom. The topological polar surface area (TPSA) is 88.5 Å². The van der Waals surface area contributed by atoms with Crippen LogP contribution in [0.25, 0.3) is 0 Å². The lowest BCUT2D eigenvalue weighted by atomic mass is 10.2. The summed E-state index contributed by atoms with van der Waals surface area (Å²) < 4.78 is 7.40. The number of anilines is 1. The molecule has 1 aromatic heterocycles. The van der Waals surface area contributed by atoms with Crippen LogP contribution in [0.3, 0.4) is 0 Å². The van der Waals surface area contributed by atoms with E-state index in [0.29, 0.717) is 26.2 Å². The Morgan fingerprint density at radius 2 is 2.08 bits per heavy atom. The van der Waals surface area contributed by atoms with Gasteiger partial charge in [0.1, 0.15) is 5.60 Å². The average molecular weight is 337 g/mol. The molecule has 1 aliphatic heterocycles. The van der Waals surface area contributed by atoms with Crippen LogP contribution in [0, 0.1) is 0 Å². The van der Waals surface area contributed by atoms with E-state index in [1.807, 2.05) is 32.4 Å². The first-order chi connectivity index (χ1) is 11.2. The molecule has 0 radical (unpaired) electrons. The van der Waals surface area contributed by atoms with Gasteiger partial charge in [0.25, 0.3) is 0 Å². The van der Waals surface area contributed by atoms with Gasteiger partial charge in [-0.3, -0.25) is 14.4 Å². The van der Waals surface area contributed by atoms with E-state index in [1.165, 1.54) is 6.92 Å². The van der Waals surface area contributed by atoms with Crippen LogP contribution >= 0.6 is 0 Å². The van der Waals surface area contributed by atoms with E-state index in [2.05, 4.69) is 15.7 Å². The van der Waals surface area contributed by atoms with E-state index in [4.69, 9.17) is 4.74 Å². The largest absolute Gasteiger partial charge is 0.444 e. The number of ether oxygens (including phenoxy) is 1. The van der Waals surface area contributed by atoms with Crippen LogP contribution in [-0.4, -0.2) is 51.4 Å². The van der Waals surface area contributed by atoms with Crippen LogP contribution in [-0.2, 0) is 22.6 Å². The Morgan fingerprint density at radius 1 is 1.38 bits per heavy atom. The molecule has 1 aliphatic rings. The van der Waals surface area contributed by atoms with Crippen LogP contribution in [0.15, 0.2) is 6.20 Å². The smallest absolute Gasteiger partial charge is 0.410 e. The number of carbonyl (C=O) groups excluding carboxylic acids is 2. The van der Waals surface area contributed by atoms with Crippen molar-refractivity contribution in [2.24, 2.45) is 0 Å². The number of rotatable bonds is 4. The Bertz CT molecular complexity index is 605. The number of nitrogens with zero attached hydrogens (tertiary/aromatic N) is 3. The molecule has 0 spiro atoms. The van der Waals surface area contributed by atoms with Crippen LogP contribution < -0.4 is 10.6 Å². The Labute approximate surface area is 142 Å². The third-order valence-corrected chi connectivity index (χ3v) is 3.68. The predicted molar refractivity (Wildman–Crippen MR) is 90.6 cm³/mol. The van der Waals surface area contributed by atoms with Gasteiger partial charge in [-0.1, -0.05) is 0 Å². The molecule has 8 nitrogen and oxygen atoms in total. The molecule has 0 aliphatic carbocycles. The summed E-state index contributed by atoms with van der Waals surface area (Å²) in [6.07, 6.45) is 1.45. The first kappa shape index (κ1) is 18.1. The minimum absolute atomic E-state index is 0.0134. The lowest BCUT2D eigenvalue weighted by Crippen LogP contribution is -2.47. The van der Waals surface area contributed by atoms with E-state index in [1.54, 1.807) is 11.1 Å². The molecule has 2 rings (SSSR count). The molecule has 0 bridgehead atoms. The predicted octanol–water partition coefficient (Wildman–Crippen LogP) is 1.57. The molecule has 0 fully saturated rings. The van der Waals surface area contributed by atoms with Crippen molar-refractivity contribution in [3.8, 4) is 0 Å². The SMILES string of the molecule is CC(=O)NCCNc1cnn2c1CN(C(=O)OC(C)(C)C)[C@@H](C)C2. The van der Waals surface area contributed by atoms with Gasteiger partial charge < -0.3 is 15.4 Å². The molecule has 2 heterocycles. The Balaban J connectivity index is 2.03. The third-order valence-electron chi connectivity index (χ3n) is 3.68. The van der Waals surface area contributed by atoms with E-state index >= 15 is 0 Å². The maximum Gasteiger partial charge on any atom is 0.410 e. The second-order valence-electron chi connectivity index (χ2n) is 7.05. The number of hydrogen-bond donors (Lipinski definition) is 2. The summed E-state index contributed by atoms with van der Waals surface area (Å²) in [5, 5.41) is 10.4. The fourth-order valence-electron chi connectivity index (χ4n) is 2.55.